The van der Waals surface area contributed by atoms with Gasteiger partial charge in [-0.25, -0.2) is 4.79 Å². The van der Waals surface area contributed by atoms with Gasteiger partial charge >= 0.3 is 5.97 Å². The monoisotopic (exact) mass is 490 g/mol. The molecule has 0 bridgehead atoms. The maximum atomic E-state index is 13.1. The highest BCUT2D eigenvalue weighted by Gasteiger charge is 2.30. The molecule has 2 aromatic carbocycles. The molecule has 0 radical (unpaired) electrons. The van der Waals surface area contributed by atoms with E-state index in [0.29, 0.717) is 24.9 Å². The average Bonchev–Trinajstić information content (AvgIpc) is 2.88. The van der Waals surface area contributed by atoms with Crippen molar-refractivity contribution in [3.63, 3.8) is 0 Å². The number of hydrogen-bond acceptors (Lipinski definition) is 5. The number of nitrogens with zero attached hydrogens (tertiary/aromatic N) is 1. The number of unbranched alkanes of at least 4 members (excludes halogenated alkanes) is 1. The largest absolute Gasteiger partial charge is 0.456 e. The van der Waals surface area contributed by atoms with Gasteiger partial charge in [-0.1, -0.05) is 75.7 Å². The summed E-state index contributed by atoms with van der Waals surface area (Å²) in [6.45, 7) is 6.83. The number of aromatic nitrogens is 1. The summed E-state index contributed by atoms with van der Waals surface area (Å²) in [6.07, 6.45) is 2.83. The number of para-hydroxylation sites is 1. The van der Waals surface area contributed by atoms with Crippen molar-refractivity contribution in [3.05, 3.63) is 78.0 Å². The lowest BCUT2D eigenvalue weighted by Gasteiger charge is -2.27. The fourth-order valence-corrected chi connectivity index (χ4v) is 4.35. The Bertz CT molecular complexity index is 1120. The molecule has 3 aromatic rings. The third-order valence-corrected chi connectivity index (χ3v) is 6.28. The molecule has 1 heterocycles. The summed E-state index contributed by atoms with van der Waals surface area (Å²) in [4.78, 5) is 30.4. The molecule has 1 amide bonds. The summed E-state index contributed by atoms with van der Waals surface area (Å²) < 4.78 is 5.87. The smallest absolute Gasteiger partial charge is 0.340 e. The first-order valence-electron chi connectivity index (χ1n) is 12.9. The van der Waals surface area contributed by atoms with E-state index in [4.69, 9.17) is 4.74 Å². The molecule has 192 valence electrons. The Kier molecular flexibility index (Phi) is 10.4. The zero-order chi connectivity index (χ0) is 25.9. The summed E-state index contributed by atoms with van der Waals surface area (Å²) in [6, 6.07) is 18.9. The fraction of sp³-hybridized carbons (Fsp3) is 0.433. The summed E-state index contributed by atoms with van der Waals surface area (Å²) >= 11 is 0. The number of amides is 1. The zero-order valence-electron chi connectivity index (χ0n) is 21.5. The molecule has 0 aliphatic rings. The van der Waals surface area contributed by atoms with E-state index in [1.54, 1.807) is 6.07 Å². The van der Waals surface area contributed by atoms with Gasteiger partial charge in [-0.3, -0.25) is 9.78 Å². The highest BCUT2D eigenvalue weighted by atomic mass is 16.6. The van der Waals surface area contributed by atoms with Crippen LogP contribution in [0.1, 0.15) is 62.4 Å². The molecule has 2 N–H and O–H groups in total. The first kappa shape index (κ1) is 27.3. The Hall–Kier alpha value is -3.25. The van der Waals surface area contributed by atoms with Gasteiger partial charge in [0.15, 0.2) is 0 Å². The number of esters is 1. The predicted octanol–water partition coefficient (Wildman–Crippen LogP) is 5.33. The molecule has 36 heavy (non-hydrogen) atoms. The Balaban J connectivity index is 1.78. The molecular formula is C30H38N2O4. The number of rotatable bonds is 13. The molecule has 0 aliphatic carbocycles. The van der Waals surface area contributed by atoms with Crippen LogP contribution in [0.2, 0.25) is 0 Å². The van der Waals surface area contributed by atoms with E-state index in [1.807, 2.05) is 54.6 Å². The molecule has 0 spiro atoms. The van der Waals surface area contributed by atoms with Crippen LogP contribution >= 0.6 is 0 Å². The van der Waals surface area contributed by atoms with Crippen LogP contribution in [-0.4, -0.2) is 40.7 Å². The highest BCUT2D eigenvalue weighted by molar-refractivity contribution is 5.93. The molecule has 3 atom stereocenters. The third-order valence-electron chi connectivity index (χ3n) is 6.28. The van der Waals surface area contributed by atoms with Crippen LogP contribution in [0.15, 0.2) is 66.9 Å². The molecule has 0 saturated heterocycles. The van der Waals surface area contributed by atoms with Crippen molar-refractivity contribution in [3.8, 4) is 0 Å². The van der Waals surface area contributed by atoms with Crippen LogP contribution in [0.3, 0.4) is 0 Å². The number of carbonyl (C=O) groups excluding carboxylic acids is 2. The van der Waals surface area contributed by atoms with Crippen LogP contribution in [0, 0.1) is 11.8 Å². The number of ether oxygens (including phenoxy) is 1. The maximum Gasteiger partial charge on any atom is 0.340 e. The fourth-order valence-electron chi connectivity index (χ4n) is 4.35. The van der Waals surface area contributed by atoms with Gasteiger partial charge in [-0.15, -0.1) is 0 Å². The number of carbonyl (C=O) groups is 2. The molecule has 1 aromatic heterocycles. The Morgan fingerprint density at radius 1 is 1.03 bits per heavy atom. The van der Waals surface area contributed by atoms with Gasteiger partial charge in [-0.2, -0.15) is 0 Å². The van der Waals surface area contributed by atoms with Crippen LogP contribution in [0.25, 0.3) is 10.9 Å². The number of fused-ring (bicyclic) bond motifs is 1. The normalized spacial score (nSPS) is 13.8. The number of aliphatic hydroxyl groups is 1. The lowest BCUT2D eigenvalue weighted by molar-refractivity contribution is -0.127. The van der Waals surface area contributed by atoms with Gasteiger partial charge in [0.05, 0.1) is 17.2 Å². The van der Waals surface area contributed by atoms with E-state index >= 15 is 0 Å². The molecular weight excluding hydrogens is 452 g/mol. The second-order valence-corrected chi connectivity index (χ2v) is 9.82. The van der Waals surface area contributed by atoms with E-state index in [-0.39, 0.29) is 24.2 Å². The Labute approximate surface area is 214 Å². The van der Waals surface area contributed by atoms with E-state index in [9.17, 15) is 14.7 Å². The first-order chi connectivity index (χ1) is 17.4. The maximum absolute atomic E-state index is 13.1. The number of pyridine rings is 1. The van der Waals surface area contributed by atoms with Crippen molar-refractivity contribution >= 4 is 22.8 Å². The van der Waals surface area contributed by atoms with Crippen LogP contribution in [-0.2, 0) is 16.0 Å². The second kappa shape index (κ2) is 13.7. The van der Waals surface area contributed by atoms with Crippen molar-refractivity contribution in [2.45, 2.75) is 65.1 Å². The number of hydrogen-bond donors (Lipinski definition) is 2. The summed E-state index contributed by atoms with van der Waals surface area (Å²) in [5.74, 6) is -0.671. The molecule has 0 aliphatic heterocycles. The first-order valence-corrected chi connectivity index (χ1v) is 12.9. The number of aliphatic hydroxyl groups excluding tert-OH is 1. The van der Waals surface area contributed by atoms with E-state index < -0.39 is 18.2 Å². The summed E-state index contributed by atoms with van der Waals surface area (Å²) in [7, 11) is 0. The molecule has 0 unspecified atom stereocenters. The topological polar surface area (TPSA) is 88.5 Å². The van der Waals surface area contributed by atoms with E-state index in [1.165, 1.54) is 6.20 Å². The van der Waals surface area contributed by atoms with Gasteiger partial charge in [0, 0.05) is 30.5 Å². The van der Waals surface area contributed by atoms with Gasteiger partial charge in [0.1, 0.15) is 6.10 Å². The molecule has 6 nitrogen and oxygen atoms in total. The van der Waals surface area contributed by atoms with E-state index in [0.717, 1.165) is 29.3 Å². The minimum absolute atomic E-state index is 0.0558. The predicted molar refractivity (Wildman–Crippen MR) is 143 cm³/mol. The second-order valence-electron chi connectivity index (χ2n) is 9.82. The van der Waals surface area contributed by atoms with Gasteiger partial charge in [0.2, 0.25) is 5.91 Å². The lowest BCUT2D eigenvalue weighted by atomic mass is 9.88. The standard InChI is InChI=1S/C30H38N2O4/c1-4-5-15-31-29(34)24(16-21(2)3)19-27(33)28(17-22-11-7-6-8-12-22)36-30(35)25-18-23-13-9-10-14-26(23)32-20-25/h6-14,18,20-21,24,27-28,33H,4-5,15-17,19H2,1-3H3,(H,31,34)/t24-,27+,28+/m1/s1. The zero-order valence-corrected chi connectivity index (χ0v) is 21.5. The Morgan fingerprint density at radius 3 is 2.47 bits per heavy atom. The van der Waals surface area contributed by atoms with E-state index in [2.05, 4.69) is 31.1 Å². The molecule has 6 heteroatoms. The SMILES string of the molecule is CCCCNC(=O)[C@H](CC(C)C)C[C@H](O)[C@H](Cc1ccccc1)OC(=O)c1cnc2ccccc2c1. The van der Waals surface area contributed by atoms with Crippen molar-refractivity contribution in [1.82, 2.24) is 10.3 Å². The highest BCUT2D eigenvalue weighted by Crippen LogP contribution is 2.23. The van der Waals surface area contributed by atoms with Crippen LogP contribution in [0.4, 0.5) is 0 Å². The average molecular weight is 491 g/mol. The minimum atomic E-state index is -0.997. The number of benzene rings is 2. The molecule has 0 fully saturated rings. The van der Waals surface area contributed by atoms with Crippen LogP contribution in [0.5, 0.6) is 0 Å². The van der Waals surface area contributed by atoms with Gasteiger partial charge in [0.25, 0.3) is 0 Å². The van der Waals surface area contributed by atoms with Crippen molar-refractivity contribution in [1.29, 1.82) is 0 Å². The third kappa shape index (κ3) is 8.16. The molecule has 0 saturated carbocycles. The van der Waals surface area contributed by atoms with Gasteiger partial charge in [-0.05, 0) is 42.9 Å². The lowest BCUT2D eigenvalue weighted by Crippen LogP contribution is -2.39. The van der Waals surface area contributed by atoms with Crippen molar-refractivity contribution in [2.24, 2.45) is 11.8 Å². The summed E-state index contributed by atoms with van der Waals surface area (Å²) in [5.41, 5.74) is 2.06. The van der Waals surface area contributed by atoms with Crippen molar-refractivity contribution < 1.29 is 19.4 Å². The quantitative estimate of drug-likeness (QED) is 0.250. The minimum Gasteiger partial charge on any atom is -0.456 e. The summed E-state index contributed by atoms with van der Waals surface area (Å²) in [5, 5.41) is 15.1. The van der Waals surface area contributed by atoms with Crippen molar-refractivity contribution in [2.75, 3.05) is 6.54 Å². The Morgan fingerprint density at radius 2 is 1.75 bits per heavy atom. The van der Waals surface area contributed by atoms with Crippen LogP contribution < -0.4 is 5.32 Å². The molecule has 3 rings (SSSR count). The van der Waals surface area contributed by atoms with Gasteiger partial charge < -0.3 is 15.2 Å². The number of nitrogens with one attached hydrogen (secondary N) is 1.